The molecule has 1 aromatic rings. The first-order chi connectivity index (χ1) is 9.29. The Morgan fingerprint density at radius 2 is 1.89 bits per heavy atom. The van der Waals surface area contributed by atoms with Crippen LogP contribution >= 0.6 is 0 Å². The Bertz CT molecular complexity index is 358. The second kappa shape index (κ2) is 7.51. The van der Waals surface area contributed by atoms with Crippen molar-refractivity contribution in [2.45, 2.75) is 32.7 Å². The highest BCUT2D eigenvalue weighted by molar-refractivity contribution is 5.27. The number of ether oxygens (including phenoxy) is 1. The van der Waals surface area contributed by atoms with Gasteiger partial charge in [-0.1, -0.05) is 19.1 Å². The zero-order chi connectivity index (χ0) is 13.5. The summed E-state index contributed by atoms with van der Waals surface area (Å²) in [7, 11) is 0. The van der Waals surface area contributed by atoms with E-state index in [1.165, 1.54) is 18.7 Å². The lowest BCUT2D eigenvalue weighted by molar-refractivity contribution is 0.183. The molecule has 1 atom stereocenters. The molecular formula is C16H26N2O. The molecule has 3 heteroatoms. The highest BCUT2D eigenvalue weighted by Crippen LogP contribution is 2.15. The lowest BCUT2D eigenvalue weighted by Crippen LogP contribution is -2.48. The van der Waals surface area contributed by atoms with Gasteiger partial charge in [-0.25, -0.2) is 0 Å². The van der Waals surface area contributed by atoms with Gasteiger partial charge in [0.25, 0.3) is 0 Å². The van der Waals surface area contributed by atoms with Gasteiger partial charge in [0, 0.05) is 32.2 Å². The van der Waals surface area contributed by atoms with Gasteiger partial charge in [0.2, 0.25) is 0 Å². The monoisotopic (exact) mass is 262 g/mol. The maximum atomic E-state index is 5.61. The van der Waals surface area contributed by atoms with E-state index in [0.717, 1.165) is 38.3 Å². The van der Waals surface area contributed by atoms with E-state index in [4.69, 9.17) is 4.74 Å². The Kier molecular flexibility index (Phi) is 5.67. The molecule has 1 fully saturated rings. The van der Waals surface area contributed by atoms with Gasteiger partial charge in [-0.3, -0.25) is 4.90 Å². The zero-order valence-corrected chi connectivity index (χ0v) is 12.2. The molecule has 106 valence electrons. The minimum Gasteiger partial charge on any atom is -0.494 e. The minimum atomic E-state index is 0.615. The molecule has 1 saturated heterocycles. The average molecular weight is 262 g/mol. The maximum absolute atomic E-state index is 5.61. The first kappa shape index (κ1) is 14.4. The number of piperazine rings is 1. The molecule has 19 heavy (non-hydrogen) atoms. The highest BCUT2D eigenvalue weighted by Gasteiger charge is 2.16. The van der Waals surface area contributed by atoms with E-state index in [0.29, 0.717) is 6.04 Å². The number of benzene rings is 1. The van der Waals surface area contributed by atoms with Crippen LogP contribution in [0.15, 0.2) is 24.3 Å². The van der Waals surface area contributed by atoms with Crippen LogP contribution in [0.25, 0.3) is 0 Å². The summed E-state index contributed by atoms with van der Waals surface area (Å²) in [5.74, 6) is 0.987. The molecule has 0 spiro atoms. The third-order valence-electron chi connectivity index (χ3n) is 3.70. The minimum absolute atomic E-state index is 0.615. The number of hydrogen-bond acceptors (Lipinski definition) is 3. The summed E-state index contributed by atoms with van der Waals surface area (Å²) >= 11 is 0. The number of nitrogens with one attached hydrogen (secondary N) is 1. The Morgan fingerprint density at radius 3 is 2.53 bits per heavy atom. The van der Waals surface area contributed by atoms with Gasteiger partial charge in [-0.05, 0) is 37.5 Å². The predicted octanol–water partition coefficient (Wildman–Crippen LogP) is 2.31. The van der Waals surface area contributed by atoms with Gasteiger partial charge in [0.15, 0.2) is 0 Å². The van der Waals surface area contributed by atoms with Crippen LogP contribution in [0.5, 0.6) is 5.75 Å². The van der Waals surface area contributed by atoms with E-state index in [2.05, 4.69) is 48.3 Å². The fraction of sp³-hybridized carbons (Fsp3) is 0.625. The van der Waals surface area contributed by atoms with Crippen molar-refractivity contribution in [3.8, 4) is 5.75 Å². The van der Waals surface area contributed by atoms with Crippen molar-refractivity contribution in [1.29, 1.82) is 0 Å². The molecule has 1 heterocycles. The normalized spacial score (nSPS) is 18.2. The molecule has 1 unspecified atom stereocenters. The lowest BCUT2D eigenvalue weighted by atomic mass is 10.1. The summed E-state index contributed by atoms with van der Waals surface area (Å²) in [6.07, 6.45) is 2.18. The van der Waals surface area contributed by atoms with Gasteiger partial charge in [-0.15, -0.1) is 0 Å². The van der Waals surface area contributed by atoms with E-state index in [-0.39, 0.29) is 0 Å². The van der Waals surface area contributed by atoms with E-state index in [1.807, 2.05) is 0 Å². The van der Waals surface area contributed by atoms with Crippen LogP contribution in [-0.4, -0.2) is 43.7 Å². The van der Waals surface area contributed by atoms with Gasteiger partial charge in [0.1, 0.15) is 5.75 Å². The Hall–Kier alpha value is -1.06. The molecule has 0 aliphatic carbocycles. The molecule has 3 nitrogen and oxygen atoms in total. The van der Waals surface area contributed by atoms with E-state index < -0.39 is 0 Å². The summed E-state index contributed by atoms with van der Waals surface area (Å²) in [6, 6.07) is 9.20. The van der Waals surface area contributed by atoms with Gasteiger partial charge < -0.3 is 10.1 Å². The first-order valence-corrected chi connectivity index (χ1v) is 7.46. The molecule has 1 N–H and O–H groups in total. The van der Waals surface area contributed by atoms with Crippen molar-refractivity contribution in [1.82, 2.24) is 10.2 Å². The third-order valence-corrected chi connectivity index (χ3v) is 3.70. The fourth-order valence-electron chi connectivity index (χ4n) is 2.53. The summed E-state index contributed by atoms with van der Waals surface area (Å²) in [5.41, 5.74) is 1.40. The standard InChI is InChI=1S/C16H26N2O/c1-3-12-19-16-6-4-15(5-7-16)13-14(2)18-10-8-17-9-11-18/h4-7,14,17H,3,8-13H2,1-2H3. The number of hydrogen-bond donors (Lipinski definition) is 1. The van der Waals surface area contributed by atoms with Crippen molar-refractivity contribution in [2.75, 3.05) is 32.8 Å². The van der Waals surface area contributed by atoms with Gasteiger partial charge in [0.05, 0.1) is 6.61 Å². The summed E-state index contributed by atoms with van der Waals surface area (Å²) in [4.78, 5) is 2.57. The summed E-state index contributed by atoms with van der Waals surface area (Å²) in [6.45, 7) is 9.83. The second-order valence-electron chi connectivity index (χ2n) is 5.33. The van der Waals surface area contributed by atoms with Crippen LogP contribution in [0.4, 0.5) is 0 Å². The molecule has 2 rings (SSSR count). The van der Waals surface area contributed by atoms with Crippen molar-refractivity contribution < 1.29 is 4.74 Å². The molecule has 0 aromatic heterocycles. The third kappa shape index (κ3) is 4.51. The van der Waals surface area contributed by atoms with Crippen LogP contribution in [-0.2, 0) is 6.42 Å². The van der Waals surface area contributed by atoms with E-state index in [9.17, 15) is 0 Å². The maximum Gasteiger partial charge on any atom is 0.119 e. The van der Waals surface area contributed by atoms with Crippen LogP contribution in [0, 0.1) is 0 Å². The smallest absolute Gasteiger partial charge is 0.119 e. The van der Waals surface area contributed by atoms with Crippen LogP contribution < -0.4 is 10.1 Å². The van der Waals surface area contributed by atoms with E-state index in [1.54, 1.807) is 0 Å². The summed E-state index contributed by atoms with van der Waals surface area (Å²) < 4.78 is 5.61. The largest absolute Gasteiger partial charge is 0.494 e. The lowest BCUT2D eigenvalue weighted by Gasteiger charge is -2.32. The molecule has 0 bridgehead atoms. The van der Waals surface area contributed by atoms with Crippen LogP contribution in [0.2, 0.25) is 0 Å². The molecule has 0 radical (unpaired) electrons. The average Bonchev–Trinajstić information content (AvgIpc) is 2.47. The topological polar surface area (TPSA) is 24.5 Å². The molecule has 0 saturated carbocycles. The fourth-order valence-corrected chi connectivity index (χ4v) is 2.53. The summed E-state index contributed by atoms with van der Waals surface area (Å²) in [5, 5.41) is 3.40. The molecule has 0 amide bonds. The first-order valence-electron chi connectivity index (χ1n) is 7.46. The highest BCUT2D eigenvalue weighted by atomic mass is 16.5. The predicted molar refractivity (Wildman–Crippen MR) is 79.8 cm³/mol. The van der Waals surface area contributed by atoms with Gasteiger partial charge >= 0.3 is 0 Å². The SMILES string of the molecule is CCCOc1ccc(CC(C)N2CCNCC2)cc1. The molecule has 1 aromatic carbocycles. The molecule has 1 aliphatic heterocycles. The Labute approximate surface area is 116 Å². The van der Waals surface area contributed by atoms with Crippen LogP contribution in [0.1, 0.15) is 25.8 Å². The zero-order valence-electron chi connectivity index (χ0n) is 12.2. The molecular weight excluding hydrogens is 236 g/mol. The Balaban J connectivity index is 1.84. The van der Waals surface area contributed by atoms with Crippen molar-refractivity contribution in [3.05, 3.63) is 29.8 Å². The second-order valence-corrected chi connectivity index (χ2v) is 5.33. The van der Waals surface area contributed by atoms with Crippen molar-refractivity contribution in [2.24, 2.45) is 0 Å². The van der Waals surface area contributed by atoms with Crippen molar-refractivity contribution >= 4 is 0 Å². The van der Waals surface area contributed by atoms with Crippen molar-refractivity contribution in [3.63, 3.8) is 0 Å². The van der Waals surface area contributed by atoms with Gasteiger partial charge in [-0.2, -0.15) is 0 Å². The Morgan fingerprint density at radius 1 is 1.21 bits per heavy atom. The molecule has 1 aliphatic rings. The van der Waals surface area contributed by atoms with Crippen LogP contribution in [0.3, 0.4) is 0 Å². The quantitative estimate of drug-likeness (QED) is 0.851. The number of nitrogens with zero attached hydrogens (tertiary/aromatic N) is 1. The number of rotatable bonds is 6. The van der Waals surface area contributed by atoms with E-state index >= 15 is 0 Å².